The second kappa shape index (κ2) is 17.3. The molecule has 0 spiro atoms. The quantitative estimate of drug-likeness (QED) is 0.0976. The third-order valence-electron chi connectivity index (χ3n) is 11.2. The van der Waals surface area contributed by atoms with Crippen molar-refractivity contribution < 1.29 is 36.9 Å². The number of aryl methyl sites for hydroxylation is 1. The van der Waals surface area contributed by atoms with E-state index in [9.17, 15) is 32.3 Å². The van der Waals surface area contributed by atoms with Gasteiger partial charge in [-0.15, -0.1) is 0 Å². The first-order chi connectivity index (χ1) is 29.3. The van der Waals surface area contributed by atoms with Crippen LogP contribution in [0.25, 0.3) is 17.2 Å². The molecule has 0 bridgehead atoms. The Morgan fingerprint density at radius 3 is 2.56 bits per heavy atom. The summed E-state index contributed by atoms with van der Waals surface area (Å²) in [5.74, 6) is -1.04. The molecule has 5 aromatic rings. The molecule has 20 heteroatoms. The summed E-state index contributed by atoms with van der Waals surface area (Å²) in [6.07, 6.45) is 3.82. The lowest BCUT2D eigenvalue weighted by atomic mass is 10.0. The van der Waals surface area contributed by atoms with Crippen LogP contribution in [0.3, 0.4) is 0 Å². The molecule has 1 unspecified atom stereocenters. The molecule has 0 radical (unpaired) electrons. The number of hydrogen-bond acceptors (Lipinski definition) is 12. The SMILES string of the molecule is CC(C)c1c(NC(=O)Nc2cnc(-c3noc(CCCCCCN4CCN(c5ccc6c(c5)CN(C5CCC(=O)NC5=O)C6=O)CC4)n3)c(C(F)(F)F)c2)cnc2ccnn12. The van der Waals surface area contributed by atoms with E-state index in [-0.39, 0.29) is 41.6 Å². The van der Waals surface area contributed by atoms with Gasteiger partial charge < -0.3 is 25.0 Å². The number of rotatable bonds is 13. The minimum absolute atomic E-state index is 0.0524. The number of benzene rings is 1. The van der Waals surface area contributed by atoms with Crippen LogP contribution in [0.4, 0.5) is 35.0 Å². The largest absolute Gasteiger partial charge is 0.418 e. The Morgan fingerprint density at radius 1 is 0.984 bits per heavy atom. The van der Waals surface area contributed by atoms with Crippen LogP contribution in [0.2, 0.25) is 0 Å². The Kier molecular flexibility index (Phi) is 11.7. The van der Waals surface area contributed by atoms with Crippen molar-refractivity contribution >= 4 is 46.5 Å². The lowest BCUT2D eigenvalue weighted by molar-refractivity contribution is -0.138. The van der Waals surface area contributed by atoms with Gasteiger partial charge in [0.15, 0.2) is 5.65 Å². The predicted molar refractivity (Wildman–Crippen MR) is 216 cm³/mol. The zero-order chi connectivity index (χ0) is 42.8. The second-order valence-corrected chi connectivity index (χ2v) is 15.8. The van der Waals surface area contributed by atoms with Crippen LogP contribution >= 0.6 is 0 Å². The van der Waals surface area contributed by atoms with Gasteiger partial charge in [-0.1, -0.05) is 31.8 Å². The third kappa shape index (κ3) is 9.03. The van der Waals surface area contributed by atoms with Gasteiger partial charge in [0.25, 0.3) is 5.91 Å². The highest BCUT2D eigenvalue weighted by molar-refractivity contribution is 6.05. The highest BCUT2D eigenvalue weighted by Crippen LogP contribution is 2.37. The summed E-state index contributed by atoms with van der Waals surface area (Å²) in [6.45, 7) is 8.57. The maximum Gasteiger partial charge on any atom is 0.418 e. The van der Waals surface area contributed by atoms with E-state index in [4.69, 9.17) is 4.52 Å². The monoisotopic (exact) mass is 842 g/mol. The molecule has 1 aromatic carbocycles. The number of nitrogens with one attached hydrogen (secondary N) is 3. The molecule has 8 rings (SSSR count). The highest BCUT2D eigenvalue weighted by atomic mass is 19.4. The molecule has 1 atom stereocenters. The summed E-state index contributed by atoms with van der Waals surface area (Å²) in [4.78, 5) is 68.7. The Bertz CT molecular complexity index is 2460. The molecule has 3 aliphatic rings. The van der Waals surface area contributed by atoms with E-state index in [1.165, 1.54) is 6.20 Å². The first-order valence-corrected chi connectivity index (χ1v) is 20.4. The number of carbonyl (C=O) groups excluding carboxylic acids is 4. The molecule has 0 saturated carbocycles. The molecular formula is C41H45F3N12O5. The number of urea groups is 1. The number of piperidine rings is 1. The van der Waals surface area contributed by atoms with E-state index in [0.29, 0.717) is 42.0 Å². The average molecular weight is 843 g/mol. The maximum atomic E-state index is 14.2. The van der Waals surface area contributed by atoms with Gasteiger partial charge in [0.05, 0.1) is 41.2 Å². The summed E-state index contributed by atoms with van der Waals surface area (Å²) < 4.78 is 49.6. The van der Waals surface area contributed by atoms with Gasteiger partial charge in [-0.2, -0.15) is 23.3 Å². The van der Waals surface area contributed by atoms with Crippen LogP contribution in [0.5, 0.6) is 0 Å². The summed E-state index contributed by atoms with van der Waals surface area (Å²) in [6, 6.07) is 6.92. The van der Waals surface area contributed by atoms with Crippen LogP contribution in [0, 0.1) is 0 Å². The molecule has 2 saturated heterocycles. The number of carbonyl (C=O) groups is 4. The number of aromatic nitrogens is 6. The number of unbranched alkanes of at least 4 members (excludes halogenated alkanes) is 3. The van der Waals surface area contributed by atoms with E-state index < -0.39 is 35.4 Å². The molecule has 5 amide bonds. The smallest absolute Gasteiger partial charge is 0.369 e. The molecule has 17 nitrogen and oxygen atoms in total. The molecule has 3 N–H and O–H groups in total. The van der Waals surface area contributed by atoms with Crippen LogP contribution < -0.4 is 20.9 Å². The van der Waals surface area contributed by atoms with E-state index in [1.807, 2.05) is 32.0 Å². The second-order valence-electron chi connectivity index (χ2n) is 15.8. The molecule has 3 aliphatic heterocycles. The fraction of sp³-hybridized carbons (Fsp3) is 0.439. The third-order valence-corrected chi connectivity index (χ3v) is 11.2. The standard InChI is InChI=1S/C41H45F3N12O5/c1-24(2)36-30(22-45-32-12-13-47-56(32)36)49-40(60)48-26-20-29(41(42,43)44)35(46-21-26)37-51-34(61-52-37)7-5-3-4-6-14-53-15-17-54(18-16-53)27-8-9-28-25(19-27)23-55(39(28)59)31-10-11-33(57)50-38(31)58/h8-9,12-13,19-22,24,31H,3-7,10-11,14-18,23H2,1-2H3,(H2,48,49,60)(H,50,57,58). The fourth-order valence-corrected chi connectivity index (χ4v) is 8.16. The van der Waals surface area contributed by atoms with Gasteiger partial charge in [0.2, 0.25) is 23.5 Å². The average Bonchev–Trinajstić information content (AvgIpc) is 3.98. The van der Waals surface area contributed by atoms with Crippen molar-refractivity contribution in [2.45, 2.75) is 83.5 Å². The lowest BCUT2D eigenvalue weighted by Gasteiger charge is -2.36. The van der Waals surface area contributed by atoms with E-state index in [1.54, 1.807) is 21.7 Å². The van der Waals surface area contributed by atoms with Gasteiger partial charge in [0.1, 0.15) is 11.7 Å². The number of amides is 5. The molecule has 7 heterocycles. The normalized spacial score (nSPS) is 17.3. The molecular weight excluding hydrogens is 798 g/mol. The number of anilines is 3. The van der Waals surface area contributed by atoms with Crippen LogP contribution in [0.15, 0.2) is 53.4 Å². The summed E-state index contributed by atoms with van der Waals surface area (Å²) in [5.41, 5.74) is 2.34. The number of halogens is 3. The predicted octanol–water partition coefficient (Wildman–Crippen LogP) is 5.65. The molecule has 61 heavy (non-hydrogen) atoms. The van der Waals surface area contributed by atoms with E-state index in [0.717, 1.165) is 81.9 Å². The van der Waals surface area contributed by atoms with Crippen molar-refractivity contribution in [3.05, 3.63) is 77.2 Å². The Hall–Kier alpha value is -6.44. The first-order valence-electron chi connectivity index (χ1n) is 20.4. The number of fused-ring (bicyclic) bond motifs is 2. The number of nitrogens with zero attached hydrogens (tertiary/aromatic N) is 9. The number of hydrogen-bond donors (Lipinski definition) is 3. The van der Waals surface area contributed by atoms with Crippen molar-refractivity contribution in [2.75, 3.05) is 48.3 Å². The molecule has 0 aliphatic carbocycles. The molecule has 320 valence electrons. The minimum atomic E-state index is -4.82. The number of piperazine rings is 1. The molecule has 2 fully saturated rings. The van der Waals surface area contributed by atoms with Crippen molar-refractivity contribution in [3.63, 3.8) is 0 Å². The van der Waals surface area contributed by atoms with Crippen molar-refractivity contribution in [1.82, 2.24) is 44.8 Å². The zero-order valence-electron chi connectivity index (χ0n) is 33.7. The topological polar surface area (TPSA) is 196 Å². The molecule has 4 aromatic heterocycles. The van der Waals surface area contributed by atoms with Crippen molar-refractivity contribution in [2.24, 2.45) is 0 Å². The van der Waals surface area contributed by atoms with Crippen molar-refractivity contribution in [1.29, 1.82) is 0 Å². The van der Waals surface area contributed by atoms with Gasteiger partial charge in [-0.3, -0.25) is 24.6 Å². The number of alkyl halides is 3. The maximum absolute atomic E-state index is 14.2. The summed E-state index contributed by atoms with van der Waals surface area (Å²) >= 11 is 0. The lowest BCUT2D eigenvalue weighted by Crippen LogP contribution is -2.52. The number of imide groups is 1. The van der Waals surface area contributed by atoms with Gasteiger partial charge in [-0.25, -0.2) is 19.3 Å². The number of pyridine rings is 1. The Labute approximate surface area is 348 Å². The van der Waals surface area contributed by atoms with E-state index in [2.05, 4.69) is 51.0 Å². The van der Waals surface area contributed by atoms with E-state index >= 15 is 0 Å². The fourth-order valence-electron chi connectivity index (χ4n) is 8.16. The Balaban J connectivity index is 0.774. The van der Waals surface area contributed by atoms with Crippen molar-refractivity contribution in [3.8, 4) is 11.5 Å². The van der Waals surface area contributed by atoms with Crippen LogP contribution in [0.1, 0.15) is 91.4 Å². The Morgan fingerprint density at radius 2 is 1.79 bits per heavy atom. The van der Waals surface area contributed by atoms with Gasteiger partial charge in [-0.05, 0) is 61.6 Å². The highest BCUT2D eigenvalue weighted by Gasteiger charge is 2.40. The minimum Gasteiger partial charge on any atom is -0.369 e. The van der Waals surface area contributed by atoms with Gasteiger partial charge >= 0.3 is 12.2 Å². The van der Waals surface area contributed by atoms with Crippen LogP contribution in [-0.2, 0) is 28.7 Å². The first kappa shape index (κ1) is 41.3. The summed E-state index contributed by atoms with van der Waals surface area (Å²) in [7, 11) is 0. The summed E-state index contributed by atoms with van der Waals surface area (Å²) in [5, 5.41) is 15.5. The van der Waals surface area contributed by atoms with Gasteiger partial charge in [0, 0.05) is 62.9 Å². The zero-order valence-corrected chi connectivity index (χ0v) is 33.7. The van der Waals surface area contributed by atoms with Crippen LogP contribution in [-0.4, -0.2) is 102 Å².